The number of aliphatic carboxylic acids is 1. The summed E-state index contributed by atoms with van der Waals surface area (Å²) in [6.45, 7) is 7.34. The van der Waals surface area contributed by atoms with E-state index < -0.39 is 22.9 Å². The van der Waals surface area contributed by atoms with E-state index in [4.69, 9.17) is 4.74 Å². The molecule has 0 amide bonds. The van der Waals surface area contributed by atoms with Crippen LogP contribution in [0.25, 0.3) is 0 Å². The van der Waals surface area contributed by atoms with E-state index in [0.29, 0.717) is 38.9 Å². The van der Waals surface area contributed by atoms with Crippen LogP contribution in [0.5, 0.6) is 0 Å². The highest BCUT2D eigenvalue weighted by Gasteiger charge is 2.52. The zero-order chi connectivity index (χ0) is 22.5. The molecule has 0 aliphatic heterocycles. The van der Waals surface area contributed by atoms with Gasteiger partial charge in [-0.1, -0.05) is 60.7 Å². The molecule has 0 aromatic heterocycles. The topological polar surface area (TPSA) is 66.8 Å². The minimum absolute atomic E-state index is 0.314. The lowest BCUT2D eigenvalue weighted by Gasteiger charge is -2.30. The first kappa shape index (κ1) is 23.0. The molecule has 1 fully saturated rings. The zero-order valence-electron chi connectivity index (χ0n) is 18.7. The number of rotatable bonds is 10. The fraction of sp³-hybridized carbons (Fsp3) is 0.462. The molecule has 31 heavy (non-hydrogen) atoms. The molecule has 2 aromatic carbocycles. The van der Waals surface area contributed by atoms with Gasteiger partial charge in [-0.25, -0.2) is 0 Å². The molecule has 1 saturated carbocycles. The van der Waals surface area contributed by atoms with Gasteiger partial charge < -0.3 is 9.84 Å². The van der Waals surface area contributed by atoms with Gasteiger partial charge in [-0.15, -0.1) is 0 Å². The number of benzene rings is 2. The van der Waals surface area contributed by atoms with Crippen LogP contribution in [0.1, 0.15) is 51.2 Å². The predicted octanol–water partition coefficient (Wildman–Crippen LogP) is 4.90. The Morgan fingerprint density at radius 3 is 1.84 bits per heavy atom. The van der Waals surface area contributed by atoms with E-state index in [1.165, 1.54) is 0 Å². The maximum Gasteiger partial charge on any atom is 0.310 e. The molecule has 5 nitrogen and oxygen atoms in total. The van der Waals surface area contributed by atoms with Crippen LogP contribution in [-0.2, 0) is 27.4 Å². The SMILES string of the molecule is CC(C)(C)OC(=O)C(CN(Cc1ccccc1)Cc1ccccc1)CC1(C(=O)O)CC1. The van der Waals surface area contributed by atoms with Crippen molar-refractivity contribution >= 4 is 11.9 Å². The average molecular weight is 424 g/mol. The lowest BCUT2D eigenvalue weighted by atomic mass is 9.91. The fourth-order valence-electron chi connectivity index (χ4n) is 3.92. The third kappa shape index (κ3) is 6.93. The van der Waals surface area contributed by atoms with Gasteiger partial charge >= 0.3 is 11.9 Å². The van der Waals surface area contributed by atoms with Crippen molar-refractivity contribution in [2.45, 2.75) is 58.7 Å². The number of ether oxygens (including phenoxy) is 1. The van der Waals surface area contributed by atoms with E-state index in [2.05, 4.69) is 29.2 Å². The highest BCUT2D eigenvalue weighted by molar-refractivity contribution is 5.80. The van der Waals surface area contributed by atoms with Crippen molar-refractivity contribution < 1.29 is 19.4 Å². The van der Waals surface area contributed by atoms with Crippen LogP contribution in [0, 0.1) is 11.3 Å². The zero-order valence-corrected chi connectivity index (χ0v) is 18.7. The van der Waals surface area contributed by atoms with Gasteiger partial charge in [0.15, 0.2) is 0 Å². The summed E-state index contributed by atoms with van der Waals surface area (Å²) in [6.07, 6.45) is 1.56. The summed E-state index contributed by atoms with van der Waals surface area (Å²) in [4.78, 5) is 27.1. The minimum Gasteiger partial charge on any atom is -0.481 e. The van der Waals surface area contributed by atoms with Crippen LogP contribution in [0.2, 0.25) is 0 Å². The third-order valence-electron chi connectivity index (χ3n) is 5.66. The fourth-order valence-corrected chi connectivity index (χ4v) is 3.92. The van der Waals surface area contributed by atoms with Gasteiger partial charge in [-0.3, -0.25) is 14.5 Å². The smallest absolute Gasteiger partial charge is 0.310 e. The van der Waals surface area contributed by atoms with Crippen LogP contribution in [0.3, 0.4) is 0 Å². The molecule has 1 atom stereocenters. The number of carbonyl (C=O) groups excluding carboxylic acids is 1. The molecule has 3 rings (SSSR count). The number of nitrogens with zero attached hydrogens (tertiary/aromatic N) is 1. The third-order valence-corrected chi connectivity index (χ3v) is 5.66. The van der Waals surface area contributed by atoms with E-state index in [1.54, 1.807) is 0 Å². The van der Waals surface area contributed by atoms with Crippen LogP contribution >= 0.6 is 0 Å². The molecule has 0 spiro atoms. The van der Waals surface area contributed by atoms with Crippen molar-refractivity contribution in [1.29, 1.82) is 0 Å². The predicted molar refractivity (Wildman–Crippen MR) is 120 cm³/mol. The van der Waals surface area contributed by atoms with Crippen LogP contribution in [0.4, 0.5) is 0 Å². The quantitative estimate of drug-likeness (QED) is 0.551. The van der Waals surface area contributed by atoms with E-state index >= 15 is 0 Å². The van der Waals surface area contributed by atoms with E-state index in [0.717, 1.165) is 11.1 Å². The minimum atomic E-state index is -0.807. The lowest BCUT2D eigenvalue weighted by molar-refractivity contribution is -0.162. The van der Waals surface area contributed by atoms with E-state index in [1.807, 2.05) is 57.2 Å². The standard InChI is InChI=1S/C26H33NO4/c1-25(2,3)31-23(28)22(16-26(14-15-26)24(29)30)19-27(17-20-10-6-4-7-11-20)18-21-12-8-5-9-13-21/h4-13,22H,14-19H2,1-3H3,(H,29,30). The first-order chi connectivity index (χ1) is 14.7. The van der Waals surface area contributed by atoms with Crippen molar-refractivity contribution in [2.24, 2.45) is 11.3 Å². The van der Waals surface area contributed by atoms with Crippen molar-refractivity contribution in [3.8, 4) is 0 Å². The van der Waals surface area contributed by atoms with E-state index in [-0.39, 0.29) is 5.97 Å². The van der Waals surface area contributed by atoms with Crippen LogP contribution < -0.4 is 0 Å². The van der Waals surface area contributed by atoms with Crippen molar-refractivity contribution in [3.05, 3.63) is 71.8 Å². The summed E-state index contributed by atoms with van der Waals surface area (Å²) in [5.74, 6) is -1.62. The monoisotopic (exact) mass is 423 g/mol. The molecular weight excluding hydrogens is 390 g/mol. The number of carboxylic acids is 1. The number of carboxylic acid groups (broad SMARTS) is 1. The molecule has 1 aliphatic rings. The Morgan fingerprint density at radius 2 is 1.45 bits per heavy atom. The van der Waals surface area contributed by atoms with Gasteiger partial charge in [0.25, 0.3) is 0 Å². The molecule has 0 bridgehead atoms. The first-order valence-corrected chi connectivity index (χ1v) is 10.9. The second kappa shape index (κ2) is 9.65. The summed E-state index contributed by atoms with van der Waals surface area (Å²) in [6, 6.07) is 20.3. The highest BCUT2D eigenvalue weighted by atomic mass is 16.6. The molecule has 166 valence electrons. The number of hydrogen-bond donors (Lipinski definition) is 1. The van der Waals surface area contributed by atoms with Gasteiger partial charge in [0.05, 0.1) is 11.3 Å². The first-order valence-electron chi connectivity index (χ1n) is 10.9. The molecule has 0 heterocycles. The van der Waals surface area contributed by atoms with Gasteiger partial charge in [0, 0.05) is 19.6 Å². The Kier molecular flexibility index (Phi) is 7.16. The molecule has 1 aliphatic carbocycles. The van der Waals surface area contributed by atoms with Crippen molar-refractivity contribution in [1.82, 2.24) is 4.90 Å². The summed E-state index contributed by atoms with van der Waals surface area (Å²) < 4.78 is 5.70. The van der Waals surface area contributed by atoms with Gasteiger partial charge in [-0.05, 0) is 51.2 Å². The maximum absolute atomic E-state index is 13.1. The largest absolute Gasteiger partial charge is 0.481 e. The molecule has 2 aromatic rings. The second-order valence-electron chi connectivity index (χ2n) is 9.66. The van der Waals surface area contributed by atoms with Crippen molar-refractivity contribution in [2.75, 3.05) is 6.54 Å². The van der Waals surface area contributed by atoms with Crippen molar-refractivity contribution in [3.63, 3.8) is 0 Å². The Morgan fingerprint density at radius 1 is 0.968 bits per heavy atom. The highest BCUT2D eigenvalue weighted by Crippen LogP contribution is 2.51. The molecule has 5 heteroatoms. The Bertz CT molecular complexity index is 828. The molecule has 0 radical (unpaired) electrons. The lowest BCUT2D eigenvalue weighted by Crippen LogP contribution is -2.38. The molecule has 0 saturated heterocycles. The maximum atomic E-state index is 13.1. The summed E-state index contributed by atoms with van der Waals surface area (Å²) >= 11 is 0. The number of carbonyl (C=O) groups is 2. The number of esters is 1. The Balaban J connectivity index is 1.82. The van der Waals surface area contributed by atoms with E-state index in [9.17, 15) is 14.7 Å². The normalized spacial score (nSPS) is 16.0. The number of hydrogen-bond acceptors (Lipinski definition) is 4. The van der Waals surface area contributed by atoms with Gasteiger partial charge in [0.2, 0.25) is 0 Å². The van der Waals surface area contributed by atoms with Gasteiger partial charge in [-0.2, -0.15) is 0 Å². The average Bonchev–Trinajstić information content (AvgIpc) is 3.49. The summed E-state index contributed by atoms with van der Waals surface area (Å²) in [5.41, 5.74) is 0.910. The second-order valence-corrected chi connectivity index (χ2v) is 9.66. The Labute approximate surface area is 185 Å². The summed E-state index contributed by atoms with van der Waals surface area (Å²) in [5, 5.41) is 9.71. The summed E-state index contributed by atoms with van der Waals surface area (Å²) in [7, 11) is 0. The molecular formula is C26H33NO4. The van der Waals surface area contributed by atoms with Crippen LogP contribution in [-0.4, -0.2) is 34.1 Å². The molecule has 1 N–H and O–H groups in total. The van der Waals surface area contributed by atoms with Gasteiger partial charge in [0.1, 0.15) is 5.60 Å². The molecule has 1 unspecified atom stereocenters. The van der Waals surface area contributed by atoms with Crippen LogP contribution in [0.15, 0.2) is 60.7 Å². The Hall–Kier alpha value is -2.66.